The number of carbonyl (C=O) groups is 1. The largest absolute Gasteiger partial charge is 0.487 e. The van der Waals surface area contributed by atoms with E-state index < -0.39 is 10.0 Å². The zero-order valence-corrected chi connectivity index (χ0v) is 23.5. The summed E-state index contributed by atoms with van der Waals surface area (Å²) in [5.41, 5.74) is 4.27. The highest BCUT2D eigenvalue weighted by Crippen LogP contribution is 2.46. The highest BCUT2D eigenvalue weighted by Gasteiger charge is 2.45. The van der Waals surface area contributed by atoms with E-state index in [9.17, 15) is 18.5 Å². The number of ether oxygens (including phenoxy) is 1. The maximum absolute atomic E-state index is 12.6. The number of anilines is 1. The van der Waals surface area contributed by atoms with Gasteiger partial charge in [-0.1, -0.05) is 6.07 Å². The number of hydrogen-bond donors (Lipinski definition) is 2. The van der Waals surface area contributed by atoms with Gasteiger partial charge < -0.3 is 10.1 Å². The van der Waals surface area contributed by atoms with E-state index in [0.29, 0.717) is 29.7 Å². The quantitative estimate of drug-likeness (QED) is 0.561. The van der Waals surface area contributed by atoms with Crippen LogP contribution in [-0.4, -0.2) is 62.2 Å². The monoisotopic (exact) mass is 554 g/mol. The van der Waals surface area contributed by atoms with Gasteiger partial charge in [-0.3, -0.25) is 14.4 Å². The third-order valence-electron chi connectivity index (χ3n) is 7.97. The van der Waals surface area contributed by atoms with Crippen LogP contribution in [0.4, 0.5) is 5.69 Å². The highest BCUT2D eigenvalue weighted by atomic mass is 32.2. The first kappa shape index (κ1) is 26.9. The van der Waals surface area contributed by atoms with Gasteiger partial charge in [-0.15, -0.1) is 0 Å². The molecule has 5 rings (SSSR count). The second kappa shape index (κ2) is 10.8. The van der Waals surface area contributed by atoms with Gasteiger partial charge in [0.05, 0.1) is 29.7 Å². The number of hydrogen-bond acceptors (Lipinski definition) is 7. The van der Waals surface area contributed by atoms with Crippen molar-refractivity contribution in [1.82, 2.24) is 10.2 Å². The number of nitriles is 1. The smallest absolute Gasteiger partial charge is 0.230 e. The van der Waals surface area contributed by atoms with Gasteiger partial charge in [-0.2, -0.15) is 17.0 Å². The van der Waals surface area contributed by atoms with Gasteiger partial charge in [0, 0.05) is 36.8 Å². The van der Waals surface area contributed by atoms with E-state index in [0.717, 1.165) is 62.6 Å². The lowest BCUT2D eigenvalue weighted by atomic mass is 9.79. The van der Waals surface area contributed by atoms with E-state index >= 15 is 0 Å². The van der Waals surface area contributed by atoms with Crippen molar-refractivity contribution in [3.63, 3.8) is 0 Å². The van der Waals surface area contributed by atoms with Crippen molar-refractivity contribution < 1.29 is 17.9 Å². The minimum atomic E-state index is -3.42. The molecule has 8 nitrogen and oxygen atoms in total. The third kappa shape index (κ3) is 5.95. The Kier molecular flexibility index (Phi) is 7.63. The fraction of sp³-hybridized carbons (Fsp3) is 0.500. The Morgan fingerprint density at radius 2 is 2.00 bits per heavy atom. The fourth-order valence-electron chi connectivity index (χ4n) is 6.16. The van der Waals surface area contributed by atoms with Crippen molar-refractivity contribution in [3.8, 4) is 11.8 Å². The van der Waals surface area contributed by atoms with E-state index in [1.165, 1.54) is 22.9 Å². The average Bonchev–Trinajstić information content (AvgIpc) is 2.88. The number of aryl methyl sites for hydroxylation is 1. The van der Waals surface area contributed by atoms with Crippen molar-refractivity contribution >= 4 is 33.4 Å². The highest BCUT2D eigenvalue weighted by molar-refractivity contribution is 7.99. The van der Waals surface area contributed by atoms with Gasteiger partial charge in [0.2, 0.25) is 15.9 Å². The number of nitrogens with one attached hydrogen (secondary N) is 2. The summed E-state index contributed by atoms with van der Waals surface area (Å²) in [7, 11) is -3.42. The summed E-state index contributed by atoms with van der Waals surface area (Å²) < 4.78 is 32.7. The van der Waals surface area contributed by atoms with E-state index in [2.05, 4.69) is 27.1 Å². The number of likely N-dealkylation sites (tertiary alicyclic amines) is 1. The lowest BCUT2D eigenvalue weighted by molar-refractivity contribution is -0.120. The maximum atomic E-state index is 12.6. The zero-order valence-electron chi connectivity index (χ0n) is 21.8. The van der Waals surface area contributed by atoms with Crippen molar-refractivity contribution in [2.75, 3.05) is 36.1 Å². The Labute approximate surface area is 229 Å². The van der Waals surface area contributed by atoms with E-state index in [4.69, 9.17) is 4.74 Å². The number of rotatable bonds is 6. The van der Waals surface area contributed by atoms with Crippen LogP contribution in [0, 0.1) is 11.3 Å². The van der Waals surface area contributed by atoms with Gasteiger partial charge in [-0.25, -0.2) is 8.42 Å². The van der Waals surface area contributed by atoms with Crippen LogP contribution >= 0.6 is 11.8 Å². The molecular formula is C28H34N4O4S2. The molecule has 2 atom stereocenters. The topological polar surface area (TPSA) is 112 Å². The Morgan fingerprint density at radius 3 is 2.71 bits per heavy atom. The molecule has 1 fully saturated rings. The molecule has 0 aromatic heterocycles. The van der Waals surface area contributed by atoms with Gasteiger partial charge in [0.15, 0.2) is 0 Å². The molecular weight excluding hydrogens is 520 g/mol. The van der Waals surface area contributed by atoms with Gasteiger partial charge in [-0.05, 0) is 79.8 Å². The molecule has 2 aliphatic heterocycles. The molecule has 2 N–H and O–H groups in total. The molecule has 2 aromatic carbocycles. The summed E-state index contributed by atoms with van der Waals surface area (Å²) >= 11 is 1.47. The Morgan fingerprint density at radius 1 is 1.21 bits per heavy atom. The molecule has 0 saturated carbocycles. The standard InChI is InChI=1S/C28H34N4O4S2/c1-37-18-27(33)30-25-16-28(36-26-8-6-22(15-24(25)26)31-38(2,34)35)9-11-32(12-10-28)23-7-5-20-13-19(17-29)3-4-21(20)14-23/h3-4,6,8,13,15,23,25,31H,5,7,9-12,14,16,18H2,1-2H3,(H,30,33)/t23?,25-/m0/s1. The van der Waals surface area contributed by atoms with E-state index in [1.807, 2.05) is 24.5 Å². The predicted octanol–water partition coefficient (Wildman–Crippen LogP) is 3.62. The van der Waals surface area contributed by atoms with Crippen LogP contribution < -0.4 is 14.8 Å². The van der Waals surface area contributed by atoms with Gasteiger partial charge in [0.25, 0.3) is 0 Å². The van der Waals surface area contributed by atoms with Crippen molar-refractivity contribution in [1.29, 1.82) is 5.26 Å². The molecule has 10 heteroatoms. The molecule has 1 aliphatic carbocycles. The molecule has 2 heterocycles. The molecule has 1 saturated heterocycles. The number of fused-ring (bicyclic) bond motifs is 2. The number of piperidine rings is 1. The lowest BCUT2D eigenvalue weighted by Crippen LogP contribution is -2.54. The zero-order chi connectivity index (χ0) is 26.9. The summed E-state index contributed by atoms with van der Waals surface area (Å²) in [4.78, 5) is 15.2. The van der Waals surface area contributed by atoms with Crippen LogP contribution in [0.5, 0.6) is 5.75 Å². The van der Waals surface area contributed by atoms with Crippen LogP contribution in [0.2, 0.25) is 0 Å². The summed E-state index contributed by atoms with van der Waals surface area (Å²) in [6, 6.07) is 13.8. The second-order valence-electron chi connectivity index (χ2n) is 10.7. The van der Waals surface area contributed by atoms with Crippen LogP contribution in [0.25, 0.3) is 0 Å². The summed E-state index contributed by atoms with van der Waals surface area (Å²) in [6.45, 7) is 1.84. The summed E-state index contributed by atoms with van der Waals surface area (Å²) in [5.74, 6) is 1.04. The number of sulfonamides is 1. The Hall–Kier alpha value is -2.74. The first-order chi connectivity index (χ1) is 18.2. The third-order valence-corrected chi connectivity index (χ3v) is 9.12. The van der Waals surface area contributed by atoms with E-state index in [1.54, 1.807) is 12.1 Å². The molecule has 202 valence electrons. The van der Waals surface area contributed by atoms with Crippen LogP contribution in [0.15, 0.2) is 36.4 Å². The number of nitrogens with zero attached hydrogens (tertiary/aromatic N) is 2. The molecule has 1 amide bonds. The van der Waals surface area contributed by atoms with Crippen LogP contribution in [-0.2, 0) is 27.7 Å². The normalized spacial score (nSPS) is 22.4. The van der Waals surface area contributed by atoms with Crippen LogP contribution in [0.1, 0.15) is 54.0 Å². The first-order valence-corrected chi connectivity index (χ1v) is 16.3. The minimum absolute atomic E-state index is 0.0372. The average molecular weight is 555 g/mol. The fourth-order valence-corrected chi connectivity index (χ4v) is 7.06. The van der Waals surface area contributed by atoms with Crippen molar-refractivity contribution in [2.24, 2.45) is 0 Å². The number of thioether (sulfide) groups is 1. The molecule has 38 heavy (non-hydrogen) atoms. The molecule has 0 radical (unpaired) electrons. The SMILES string of the molecule is CSCC(=O)N[C@H]1CC2(CCN(C3CCc4cc(C#N)ccc4C3)CC2)Oc2ccc(NS(C)(=O)=O)cc21. The Bertz CT molecular complexity index is 1360. The number of amides is 1. The maximum Gasteiger partial charge on any atom is 0.230 e. The van der Waals surface area contributed by atoms with E-state index in [-0.39, 0.29) is 17.6 Å². The van der Waals surface area contributed by atoms with Gasteiger partial charge >= 0.3 is 0 Å². The molecule has 1 spiro atoms. The van der Waals surface area contributed by atoms with Gasteiger partial charge in [0.1, 0.15) is 11.4 Å². The lowest BCUT2D eigenvalue weighted by Gasteiger charge is -2.49. The summed E-state index contributed by atoms with van der Waals surface area (Å²) in [5, 5.41) is 12.4. The Balaban J connectivity index is 1.31. The predicted molar refractivity (Wildman–Crippen MR) is 150 cm³/mol. The minimum Gasteiger partial charge on any atom is -0.487 e. The molecule has 2 aromatic rings. The molecule has 3 aliphatic rings. The molecule has 1 unspecified atom stereocenters. The number of carbonyl (C=O) groups excluding carboxylic acids is 1. The second-order valence-corrected chi connectivity index (χ2v) is 13.3. The summed E-state index contributed by atoms with van der Waals surface area (Å²) in [6.07, 6.45) is 8.48. The number of benzene rings is 2. The van der Waals surface area contributed by atoms with Crippen molar-refractivity contribution in [2.45, 2.75) is 56.2 Å². The van der Waals surface area contributed by atoms with Crippen molar-refractivity contribution in [3.05, 3.63) is 58.7 Å². The molecule has 0 bridgehead atoms. The first-order valence-electron chi connectivity index (χ1n) is 13.0. The van der Waals surface area contributed by atoms with Crippen LogP contribution in [0.3, 0.4) is 0 Å².